The molecular formula is C17H12ClFN2OS. The number of phenolic OH excluding ortho intramolecular Hbond substituents is 1. The summed E-state index contributed by atoms with van der Waals surface area (Å²) in [5.41, 5.74) is 1.23. The quantitative estimate of drug-likeness (QED) is 0.562. The summed E-state index contributed by atoms with van der Waals surface area (Å²) >= 11 is 10.9. The number of fused-ring (bicyclic) bond motifs is 1. The van der Waals surface area contributed by atoms with Gasteiger partial charge in [-0.3, -0.25) is 0 Å². The van der Waals surface area contributed by atoms with E-state index in [2.05, 4.69) is 10.6 Å². The van der Waals surface area contributed by atoms with E-state index in [-0.39, 0.29) is 10.8 Å². The van der Waals surface area contributed by atoms with Crippen LogP contribution >= 0.6 is 23.8 Å². The Morgan fingerprint density at radius 1 is 1.00 bits per heavy atom. The van der Waals surface area contributed by atoms with Gasteiger partial charge in [-0.1, -0.05) is 35.9 Å². The SMILES string of the molecule is Oc1cccc2c(NC(=S)Nc3ccc(Cl)c(F)c3)cccc12. The second kappa shape index (κ2) is 6.40. The van der Waals surface area contributed by atoms with Gasteiger partial charge in [-0.15, -0.1) is 0 Å². The third-order valence-electron chi connectivity index (χ3n) is 3.32. The molecule has 0 aliphatic carbocycles. The molecule has 0 atom stereocenters. The Morgan fingerprint density at radius 3 is 2.52 bits per heavy atom. The van der Waals surface area contributed by atoms with Crippen molar-refractivity contribution in [1.29, 1.82) is 0 Å². The molecule has 0 aliphatic heterocycles. The lowest BCUT2D eigenvalue weighted by molar-refractivity contribution is 0.481. The summed E-state index contributed by atoms with van der Waals surface area (Å²) in [7, 11) is 0. The van der Waals surface area contributed by atoms with E-state index in [1.807, 2.05) is 24.3 Å². The highest BCUT2D eigenvalue weighted by atomic mass is 35.5. The molecule has 3 nitrogen and oxygen atoms in total. The van der Waals surface area contributed by atoms with Crippen molar-refractivity contribution in [3.8, 4) is 5.75 Å². The summed E-state index contributed by atoms with van der Waals surface area (Å²) in [6, 6.07) is 15.1. The van der Waals surface area contributed by atoms with E-state index in [4.69, 9.17) is 23.8 Å². The Morgan fingerprint density at radius 2 is 1.74 bits per heavy atom. The number of halogens is 2. The van der Waals surface area contributed by atoms with Gasteiger partial charge < -0.3 is 15.7 Å². The van der Waals surface area contributed by atoms with Crippen LogP contribution < -0.4 is 10.6 Å². The number of benzene rings is 3. The van der Waals surface area contributed by atoms with Crippen LogP contribution in [0.3, 0.4) is 0 Å². The van der Waals surface area contributed by atoms with Crippen molar-refractivity contribution in [3.63, 3.8) is 0 Å². The maximum Gasteiger partial charge on any atom is 0.175 e. The molecule has 3 aromatic rings. The first-order chi connectivity index (χ1) is 11.0. The molecule has 0 saturated heterocycles. The van der Waals surface area contributed by atoms with E-state index in [0.717, 1.165) is 16.5 Å². The second-order valence-corrected chi connectivity index (χ2v) is 5.70. The first-order valence-corrected chi connectivity index (χ1v) is 7.57. The first kappa shape index (κ1) is 15.5. The predicted molar refractivity (Wildman–Crippen MR) is 96.9 cm³/mol. The summed E-state index contributed by atoms with van der Waals surface area (Å²) in [6.07, 6.45) is 0. The van der Waals surface area contributed by atoms with Gasteiger partial charge in [0.15, 0.2) is 5.11 Å². The minimum absolute atomic E-state index is 0.0546. The van der Waals surface area contributed by atoms with Crippen LogP contribution in [0, 0.1) is 5.82 Å². The van der Waals surface area contributed by atoms with Gasteiger partial charge in [0.1, 0.15) is 11.6 Å². The molecule has 6 heteroatoms. The number of rotatable bonds is 2. The van der Waals surface area contributed by atoms with Crippen LogP contribution in [-0.2, 0) is 0 Å². The minimum atomic E-state index is -0.519. The standard InChI is InChI=1S/C17H12ClFN2OS/c18-13-8-7-10(9-14(13)19)20-17(23)21-15-5-1-4-12-11(15)3-2-6-16(12)22/h1-9,22H,(H2,20,21,23). The first-order valence-electron chi connectivity index (χ1n) is 6.78. The van der Waals surface area contributed by atoms with Gasteiger partial charge in [0.2, 0.25) is 0 Å². The zero-order chi connectivity index (χ0) is 16.4. The van der Waals surface area contributed by atoms with E-state index < -0.39 is 5.82 Å². The normalized spacial score (nSPS) is 10.5. The highest BCUT2D eigenvalue weighted by molar-refractivity contribution is 7.80. The average Bonchev–Trinajstić information content (AvgIpc) is 2.52. The minimum Gasteiger partial charge on any atom is -0.507 e. The van der Waals surface area contributed by atoms with Crippen molar-refractivity contribution in [2.24, 2.45) is 0 Å². The van der Waals surface area contributed by atoms with Gasteiger partial charge in [-0.05, 0) is 42.5 Å². The summed E-state index contributed by atoms with van der Waals surface area (Å²) in [6.45, 7) is 0. The summed E-state index contributed by atoms with van der Waals surface area (Å²) in [5.74, 6) is -0.320. The van der Waals surface area contributed by atoms with Crippen molar-refractivity contribution in [2.75, 3.05) is 10.6 Å². The highest BCUT2D eigenvalue weighted by Crippen LogP contribution is 2.30. The molecule has 0 saturated carbocycles. The maximum absolute atomic E-state index is 13.4. The predicted octanol–water partition coefficient (Wildman–Crippen LogP) is 5.15. The molecule has 0 unspecified atom stereocenters. The van der Waals surface area contributed by atoms with Crippen LogP contribution in [-0.4, -0.2) is 10.2 Å². The Kier molecular flexibility index (Phi) is 4.32. The van der Waals surface area contributed by atoms with Crippen LogP contribution in [0.15, 0.2) is 54.6 Å². The molecule has 0 radical (unpaired) electrons. The number of hydrogen-bond donors (Lipinski definition) is 3. The molecule has 3 rings (SSSR count). The molecule has 116 valence electrons. The number of thiocarbonyl (C=S) groups is 1. The van der Waals surface area contributed by atoms with E-state index in [0.29, 0.717) is 10.8 Å². The lowest BCUT2D eigenvalue weighted by Crippen LogP contribution is -2.19. The molecule has 3 aromatic carbocycles. The average molecular weight is 347 g/mol. The zero-order valence-electron chi connectivity index (χ0n) is 11.8. The van der Waals surface area contributed by atoms with Gasteiger partial charge in [0.05, 0.1) is 5.02 Å². The molecular weight excluding hydrogens is 335 g/mol. The van der Waals surface area contributed by atoms with E-state index in [9.17, 15) is 9.50 Å². The Bertz CT molecular complexity index is 901. The number of aromatic hydroxyl groups is 1. The molecule has 0 spiro atoms. The van der Waals surface area contributed by atoms with Gasteiger partial charge in [0, 0.05) is 22.1 Å². The van der Waals surface area contributed by atoms with Crippen LogP contribution in [0.1, 0.15) is 0 Å². The number of hydrogen-bond acceptors (Lipinski definition) is 2. The Balaban J connectivity index is 1.83. The van der Waals surface area contributed by atoms with Crippen LogP contribution in [0.5, 0.6) is 5.75 Å². The van der Waals surface area contributed by atoms with E-state index in [1.54, 1.807) is 18.2 Å². The summed E-state index contributed by atoms with van der Waals surface area (Å²) in [4.78, 5) is 0. The fraction of sp³-hybridized carbons (Fsp3) is 0. The Labute approximate surface area is 142 Å². The Hall–Kier alpha value is -2.37. The van der Waals surface area contributed by atoms with Gasteiger partial charge in [-0.2, -0.15) is 0 Å². The van der Waals surface area contributed by atoms with Crippen molar-refractivity contribution < 1.29 is 9.50 Å². The van der Waals surface area contributed by atoms with Crippen molar-refractivity contribution >= 4 is 51.1 Å². The third-order valence-corrected chi connectivity index (χ3v) is 3.84. The summed E-state index contributed by atoms with van der Waals surface area (Å²) in [5, 5.41) is 17.8. The molecule has 0 aromatic heterocycles. The van der Waals surface area contributed by atoms with Crippen LogP contribution in [0.2, 0.25) is 5.02 Å². The molecule has 0 bridgehead atoms. The van der Waals surface area contributed by atoms with Crippen LogP contribution in [0.4, 0.5) is 15.8 Å². The topological polar surface area (TPSA) is 44.3 Å². The fourth-order valence-corrected chi connectivity index (χ4v) is 2.61. The largest absolute Gasteiger partial charge is 0.507 e. The van der Waals surface area contributed by atoms with Crippen LogP contribution in [0.25, 0.3) is 10.8 Å². The molecule has 0 fully saturated rings. The smallest absolute Gasteiger partial charge is 0.175 e. The molecule has 0 aliphatic rings. The van der Waals surface area contributed by atoms with Crippen molar-refractivity contribution in [2.45, 2.75) is 0 Å². The fourth-order valence-electron chi connectivity index (χ4n) is 2.26. The van der Waals surface area contributed by atoms with Gasteiger partial charge in [0.25, 0.3) is 0 Å². The molecule has 0 heterocycles. The summed E-state index contributed by atoms with van der Waals surface area (Å²) < 4.78 is 13.4. The molecule has 23 heavy (non-hydrogen) atoms. The van der Waals surface area contributed by atoms with Gasteiger partial charge in [-0.25, -0.2) is 4.39 Å². The second-order valence-electron chi connectivity index (χ2n) is 4.89. The van der Waals surface area contributed by atoms with Crippen molar-refractivity contribution in [3.05, 3.63) is 65.4 Å². The lowest BCUT2D eigenvalue weighted by Gasteiger charge is -2.13. The van der Waals surface area contributed by atoms with Crippen molar-refractivity contribution in [1.82, 2.24) is 0 Å². The zero-order valence-corrected chi connectivity index (χ0v) is 13.4. The number of anilines is 2. The molecule has 0 amide bonds. The lowest BCUT2D eigenvalue weighted by atomic mass is 10.1. The van der Waals surface area contributed by atoms with E-state index in [1.165, 1.54) is 12.1 Å². The number of nitrogens with one attached hydrogen (secondary N) is 2. The monoisotopic (exact) mass is 346 g/mol. The maximum atomic E-state index is 13.4. The van der Waals surface area contributed by atoms with E-state index >= 15 is 0 Å². The molecule has 3 N–H and O–H groups in total. The highest BCUT2D eigenvalue weighted by Gasteiger charge is 2.07. The third kappa shape index (κ3) is 3.36. The van der Waals surface area contributed by atoms with Gasteiger partial charge >= 0.3 is 0 Å². The number of phenols is 1.